The molecule has 0 saturated carbocycles. The summed E-state index contributed by atoms with van der Waals surface area (Å²) in [6, 6.07) is 32.1. The third-order valence-electron chi connectivity index (χ3n) is 9.14. The van der Waals surface area contributed by atoms with E-state index >= 15 is 0 Å². The SMILES string of the molecule is CCC1(CC)c2ccccc2-c2c1c1c(c3ccccc23)OC(c2ccc(F)cc2)(c2ccc(OC)cc2)C=C1. The lowest BCUT2D eigenvalue weighted by Crippen LogP contribution is -2.35. The Hall–Kier alpha value is -4.37. The Kier molecular flexibility index (Phi) is 5.60. The highest BCUT2D eigenvalue weighted by Gasteiger charge is 2.46. The van der Waals surface area contributed by atoms with Crippen molar-refractivity contribution in [1.82, 2.24) is 0 Å². The molecule has 0 saturated heterocycles. The van der Waals surface area contributed by atoms with Gasteiger partial charge in [0.1, 0.15) is 17.3 Å². The Bertz CT molecular complexity index is 1780. The molecule has 1 aliphatic heterocycles. The monoisotopic (exact) mass is 526 g/mol. The number of ether oxygens (including phenoxy) is 2. The fraction of sp³-hybridized carbons (Fsp3) is 0.189. The van der Waals surface area contributed by atoms with Gasteiger partial charge in [-0.05, 0) is 70.8 Å². The first-order valence-corrected chi connectivity index (χ1v) is 14.0. The van der Waals surface area contributed by atoms with Crippen molar-refractivity contribution in [3.63, 3.8) is 0 Å². The van der Waals surface area contributed by atoms with Crippen molar-refractivity contribution >= 4 is 16.8 Å². The van der Waals surface area contributed by atoms with E-state index < -0.39 is 5.60 Å². The highest BCUT2D eigenvalue weighted by molar-refractivity contribution is 6.08. The molecule has 1 heterocycles. The first kappa shape index (κ1) is 24.7. The van der Waals surface area contributed by atoms with E-state index in [-0.39, 0.29) is 11.2 Å². The van der Waals surface area contributed by atoms with Crippen LogP contribution >= 0.6 is 0 Å². The molecule has 0 fully saturated rings. The van der Waals surface area contributed by atoms with Crippen molar-refractivity contribution in [1.29, 1.82) is 0 Å². The normalized spacial score (nSPS) is 18.1. The number of fused-ring (bicyclic) bond motifs is 8. The minimum absolute atomic E-state index is 0.107. The molecule has 5 aromatic carbocycles. The van der Waals surface area contributed by atoms with Crippen LogP contribution in [0.4, 0.5) is 4.39 Å². The smallest absolute Gasteiger partial charge is 0.178 e. The molecule has 1 aliphatic carbocycles. The highest BCUT2D eigenvalue weighted by atomic mass is 19.1. The second-order valence-electron chi connectivity index (χ2n) is 10.8. The topological polar surface area (TPSA) is 18.5 Å². The molecule has 2 aliphatic rings. The van der Waals surface area contributed by atoms with Gasteiger partial charge in [0, 0.05) is 27.5 Å². The Morgan fingerprint density at radius 1 is 0.750 bits per heavy atom. The second-order valence-corrected chi connectivity index (χ2v) is 10.8. The molecule has 5 aromatic rings. The summed E-state index contributed by atoms with van der Waals surface area (Å²) in [6.07, 6.45) is 6.39. The van der Waals surface area contributed by atoms with Crippen molar-refractivity contribution in [3.05, 3.63) is 137 Å². The molecule has 1 atom stereocenters. The summed E-state index contributed by atoms with van der Waals surface area (Å²) in [5, 5.41) is 2.28. The maximum atomic E-state index is 14.1. The van der Waals surface area contributed by atoms with E-state index in [2.05, 4.69) is 74.5 Å². The van der Waals surface area contributed by atoms with Gasteiger partial charge in [-0.3, -0.25) is 0 Å². The predicted molar refractivity (Wildman–Crippen MR) is 161 cm³/mol. The molecule has 2 nitrogen and oxygen atoms in total. The van der Waals surface area contributed by atoms with Crippen molar-refractivity contribution < 1.29 is 13.9 Å². The van der Waals surface area contributed by atoms with Crippen LogP contribution in [0.5, 0.6) is 11.5 Å². The van der Waals surface area contributed by atoms with Gasteiger partial charge in [0.15, 0.2) is 5.60 Å². The van der Waals surface area contributed by atoms with Crippen LogP contribution in [0.25, 0.3) is 28.0 Å². The van der Waals surface area contributed by atoms with Crippen LogP contribution in [0, 0.1) is 5.82 Å². The summed E-state index contributed by atoms with van der Waals surface area (Å²) < 4.78 is 26.8. The fourth-order valence-corrected chi connectivity index (χ4v) is 7.12. The predicted octanol–water partition coefficient (Wildman–Crippen LogP) is 9.42. The van der Waals surface area contributed by atoms with E-state index in [1.165, 1.54) is 39.8 Å². The van der Waals surface area contributed by atoms with Crippen LogP contribution in [0.15, 0.2) is 103 Å². The number of hydrogen-bond acceptors (Lipinski definition) is 2. The third kappa shape index (κ3) is 3.27. The maximum Gasteiger partial charge on any atom is 0.178 e. The van der Waals surface area contributed by atoms with Crippen LogP contribution < -0.4 is 9.47 Å². The van der Waals surface area contributed by atoms with Crippen molar-refractivity contribution in [2.24, 2.45) is 0 Å². The maximum absolute atomic E-state index is 14.1. The van der Waals surface area contributed by atoms with Gasteiger partial charge in [0.25, 0.3) is 0 Å². The summed E-state index contributed by atoms with van der Waals surface area (Å²) in [4.78, 5) is 0. The number of methoxy groups -OCH3 is 1. The average molecular weight is 527 g/mol. The zero-order valence-corrected chi connectivity index (χ0v) is 23.0. The van der Waals surface area contributed by atoms with Crippen molar-refractivity contribution in [2.75, 3.05) is 7.11 Å². The molecule has 1 unspecified atom stereocenters. The van der Waals surface area contributed by atoms with Crippen molar-refractivity contribution in [2.45, 2.75) is 37.7 Å². The lowest BCUT2D eigenvalue weighted by Gasteiger charge is -2.39. The first-order valence-electron chi connectivity index (χ1n) is 14.0. The second kappa shape index (κ2) is 9.09. The molecule has 0 spiro atoms. The first-order chi connectivity index (χ1) is 19.6. The van der Waals surface area contributed by atoms with E-state index in [0.717, 1.165) is 46.4 Å². The summed E-state index contributed by atoms with van der Waals surface area (Å²) in [7, 11) is 1.66. The molecule has 0 N–H and O–H groups in total. The van der Waals surface area contributed by atoms with Crippen LogP contribution in [0.1, 0.15) is 54.5 Å². The number of rotatable bonds is 5. The number of benzene rings is 5. The molecule has 40 heavy (non-hydrogen) atoms. The van der Waals surface area contributed by atoms with E-state index in [9.17, 15) is 4.39 Å². The summed E-state index contributed by atoms with van der Waals surface area (Å²) in [6.45, 7) is 4.59. The molecular formula is C37H31FO2. The molecule has 3 heteroatoms. The van der Waals surface area contributed by atoms with Gasteiger partial charge < -0.3 is 9.47 Å². The van der Waals surface area contributed by atoms with Gasteiger partial charge in [-0.2, -0.15) is 0 Å². The van der Waals surface area contributed by atoms with Gasteiger partial charge in [0.05, 0.1) is 7.11 Å². The zero-order valence-electron chi connectivity index (χ0n) is 23.0. The van der Waals surface area contributed by atoms with Crippen LogP contribution in [-0.4, -0.2) is 7.11 Å². The number of halogens is 1. The quantitative estimate of drug-likeness (QED) is 0.227. The molecule has 0 bridgehead atoms. The third-order valence-corrected chi connectivity index (χ3v) is 9.14. The Balaban J connectivity index is 1.56. The molecule has 198 valence electrons. The van der Waals surface area contributed by atoms with Crippen molar-refractivity contribution in [3.8, 4) is 22.6 Å². The van der Waals surface area contributed by atoms with E-state index in [4.69, 9.17) is 9.47 Å². The lowest BCUT2D eigenvalue weighted by atomic mass is 9.71. The fourth-order valence-electron chi connectivity index (χ4n) is 7.12. The van der Waals surface area contributed by atoms with E-state index in [0.29, 0.717) is 0 Å². The standard InChI is InChI=1S/C37H31FO2/c1-4-36(5-2)32-13-9-8-12-30(32)33-28-10-6-7-11-29(28)35-31(34(33)36)22-23-37(40-35,24-14-18-26(38)19-15-24)25-16-20-27(39-3)21-17-25/h6-23H,4-5H2,1-3H3. The highest BCUT2D eigenvalue weighted by Crippen LogP contribution is 2.60. The Morgan fingerprint density at radius 3 is 2.05 bits per heavy atom. The largest absolute Gasteiger partial charge is 0.497 e. The van der Waals surface area contributed by atoms with Gasteiger partial charge in [-0.25, -0.2) is 4.39 Å². The Morgan fingerprint density at radius 2 is 1.38 bits per heavy atom. The van der Waals surface area contributed by atoms with E-state index in [1.54, 1.807) is 7.11 Å². The minimum Gasteiger partial charge on any atom is -0.497 e. The molecule has 7 rings (SSSR count). The lowest BCUT2D eigenvalue weighted by molar-refractivity contribution is 0.163. The van der Waals surface area contributed by atoms with Gasteiger partial charge in [0.2, 0.25) is 0 Å². The van der Waals surface area contributed by atoms with Gasteiger partial charge >= 0.3 is 0 Å². The molecule has 0 aromatic heterocycles. The van der Waals surface area contributed by atoms with Crippen LogP contribution in [0.3, 0.4) is 0 Å². The van der Waals surface area contributed by atoms with Crippen LogP contribution in [0.2, 0.25) is 0 Å². The molecular weight excluding hydrogens is 495 g/mol. The number of hydrogen-bond donors (Lipinski definition) is 0. The average Bonchev–Trinajstić information content (AvgIpc) is 3.32. The Labute approximate surface area is 234 Å². The van der Waals surface area contributed by atoms with Crippen LogP contribution in [-0.2, 0) is 11.0 Å². The van der Waals surface area contributed by atoms with E-state index in [1.807, 2.05) is 36.4 Å². The summed E-state index contributed by atoms with van der Waals surface area (Å²) in [5.74, 6) is 1.37. The van der Waals surface area contributed by atoms with Gasteiger partial charge in [-0.1, -0.05) is 92.7 Å². The minimum atomic E-state index is -0.934. The molecule has 0 radical (unpaired) electrons. The zero-order chi connectivity index (χ0) is 27.5. The summed E-state index contributed by atoms with van der Waals surface area (Å²) >= 11 is 0. The van der Waals surface area contributed by atoms with Gasteiger partial charge in [-0.15, -0.1) is 0 Å². The molecule has 0 amide bonds. The summed E-state index contributed by atoms with van der Waals surface area (Å²) in [5.41, 5.74) is 7.30.